The summed E-state index contributed by atoms with van der Waals surface area (Å²) < 4.78 is 19.0. The lowest BCUT2D eigenvalue weighted by Crippen LogP contribution is -2.63. The highest BCUT2D eigenvalue weighted by Gasteiger charge is 2.59. The van der Waals surface area contributed by atoms with E-state index in [4.69, 9.17) is 16.3 Å². The third kappa shape index (κ3) is 3.99. The fourth-order valence-corrected chi connectivity index (χ4v) is 7.66. The minimum absolute atomic E-state index is 0.317. The number of nitrogens with one attached hydrogen (secondary N) is 1. The lowest BCUT2D eigenvalue weighted by molar-refractivity contribution is -0.118. The van der Waals surface area contributed by atoms with Gasteiger partial charge in [0.05, 0.1) is 5.02 Å². The molecule has 0 radical (unpaired) electrons. The highest BCUT2D eigenvalue weighted by molar-refractivity contribution is 6.31. The maximum Gasteiger partial charge on any atom is 0.124 e. The Balaban J connectivity index is 1.20. The van der Waals surface area contributed by atoms with Gasteiger partial charge < -0.3 is 10.1 Å². The number of ether oxygens (including phenoxy) is 1. The van der Waals surface area contributed by atoms with Crippen molar-refractivity contribution in [1.29, 1.82) is 0 Å². The van der Waals surface area contributed by atoms with Crippen LogP contribution in [-0.2, 0) is 13.2 Å². The molecule has 4 fully saturated rings. The second-order valence-electron chi connectivity index (χ2n) is 10.9. The first-order valence-electron chi connectivity index (χ1n) is 11.1. The van der Waals surface area contributed by atoms with Crippen LogP contribution >= 0.6 is 11.6 Å². The molecule has 4 aliphatic rings. The zero-order chi connectivity index (χ0) is 21.0. The van der Waals surface area contributed by atoms with Gasteiger partial charge in [-0.15, -0.1) is 0 Å². The first kappa shape index (κ1) is 20.3. The van der Waals surface area contributed by atoms with Crippen LogP contribution in [0.15, 0.2) is 42.5 Å². The Morgan fingerprint density at radius 2 is 1.70 bits per heavy atom. The van der Waals surface area contributed by atoms with E-state index >= 15 is 0 Å². The van der Waals surface area contributed by atoms with Crippen molar-refractivity contribution in [2.75, 3.05) is 0 Å². The van der Waals surface area contributed by atoms with E-state index < -0.39 is 0 Å². The molecule has 4 aliphatic carbocycles. The second-order valence-corrected chi connectivity index (χ2v) is 11.3. The molecule has 4 heteroatoms. The summed E-state index contributed by atoms with van der Waals surface area (Å²) in [6.07, 6.45) is 8.26. The number of hydrogen-bond donors (Lipinski definition) is 1. The smallest absolute Gasteiger partial charge is 0.124 e. The average Bonchev–Trinajstić information content (AvgIpc) is 2.64. The Morgan fingerprint density at radius 3 is 2.33 bits per heavy atom. The van der Waals surface area contributed by atoms with Crippen LogP contribution in [0.2, 0.25) is 5.02 Å². The van der Waals surface area contributed by atoms with Crippen molar-refractivity contribution in [2.24, 2.45) is 16.7 Å². The van der Waals surface area contributed by atoms with Gasteiger partial charge >= 0.3 is 0 Å². The molecule has 1 N–H and O–H groups in total. The number of rotatable bonds is 6. The van der Waals surface area contributed by atoms with Gasteiger partial charge in [0, 0.05) is 17.6 Å². The number of hydrogen-bond acceptors (Lipinski definition) is 2. The van der Waals surface area contributed by atoms with Crippen molar-refractivity contribution in [2.45, 2.75) is 71.1 Å². The first-order chi connectivity index (χ1) is 14.2. The van der Waals surface area contributed by atoms with E-state index in [0.717, 1.165) is 23.8 Å². The van der Waals surface area contributed by atoms with Gasteiger partial charge in [0.1, 0.15) is 18.2 Å². The third-order valence-electron chi connectivity index (χ3n) is 7.63. The van der Waals surface area contributed by atoms with Gasteiger partial charge in [-0.1, -0.05) is 43.6 Å². The van der Waals surface area contributed by atoms with Crippen LogP contribution < -0.4 is 10.1 Å². The normalized spacial score (nSPS) is 34.3. The molecule has 2 aromatic rings. The lowest BCUT2D eigenvalue weighted by Gasteiger charge is -2.65. The maximum absolute atomic E-state index is 13.2. The monoisotopic (exact) mass is 427 g/mol. The minimum Gasteiger partial charge on any atom is -0.489 e. The molecule has 2 nitrogen and oxygen atoms in total. The highest BCUT2D eigenvalue weighted by atomic mass is 35.5. The lowest BCUT2D eigenvalue weighted by atomic mass is 9.43. The van der Waals surface area contributed by atoms with Crippen molar-refractivity contribution in [3.63, 3.8) is 0 Å². The van der Waals surface area contributed by atoms with Gasteiger partial charge in [0.2, 0.25) is 0 Å². The zero-order valence-corrected chi connectivity index (χ0v) is 18.7. The predicted octanol–water partition coefficient (Wildman–Crippen LogP) is 6.90. The van der Waals surface area contributed by atoms with Gasteiger partial charge in [-0.2, -0.15) is 0 Å². The van der Waals surface area contributed by atoms with Crippen molar-refractivity contribution in [3.05, 3.63) is 64.4 Å². The van der Waals surface area contributed by atoms with Gasteiger partial charge in [-0.3, -0.25) is 0 Å². The first-order valence-corrected chi connectivity index (χ1v) is 11.5. The summed E-state index contributed by atoms with van der Waals surface area (Å²) in [6.45, 7) is 6.28. The summed E-state index contributed by atoms with van der Waals surface area (Å²) in [6, 6.07) is 12.7. The number of benzene rings is 2. The standard InChI is InChI=1S/C26H31ClFNO/c1-24-10-19-11-25(2,15-24)17-26(12-19,16-24)29-13-18-3-7-22(8-4-18)30-14-20-5-6-21(28)9-23(20)27/h3-9,19,29H,10-17H2,1-2H3. The molecule has 0 saturated heterocycles. The highest BCUT2D eigenvalue weighted by Crippen LogP contribution is 2.66. The molecule has 30 heavy (non-hydrogen) atoms. The topological polar surface area (TPSA) is 21.3 Å². The van der Waals surface area contributed by atoms with Crippen LogP contribution in [-0.4, -0.2) is 5.54 Å². The van der Waals surface area contributed by atoms with E-state index in [9.17, 15) is 4.39 Å². The summed E-state index contributed by atoms with van der Waals surface area (Å²) in [5, 5.41) is 4.39. The van der Waals surface area contributed by atoms with Gasteiger partial charge in [0.15, 0.2) is 0 Å². The molecule has 160 valence electrons. The van der Waals surface area contributed by atoms with Crippen LogP contribution in [0.3, 0.4) is 0 Å². The Morgan fingerprint density at radius 1 is 1.00 bits per heavy atom. The molecule has 4 saturated carbocycles. The number of halogens is 2. The molecule has 2 atom stereocenters. The van der Waals surface area contributed by atoms with E-state index in [2.05, 4.69) is 31.3 Å². The molecule has 2 unspecified atom stereocenters. The van der Waals surface area contributed by atoms with E-state index in [1.54, 1.807) is 6.07 Å². The predicted molar refractivity (Wildman–Crippen MR) is 119 cm³/mol. The molecule has 0 spiro atoms. The van der Waals surface area contributed by atoms with E-state index in [0.29, 0.717) is 28.0 Å². The largest absolute Gasteiger partial charge is 0.489 e. The maximum atomic E-state index is 13.2. The summed E-state index contributed by atoms with van der Waals surface area (Å²) in [5.41, 5.74) is 3.44. The molecule has 2 aromatic carbocycles. The summed E-state index contributed by atoms with van der Waals surface area (Å²) in [7, 11) is 0. The average molecular weight is 428 g/mol. The third-order valence-corrected chi connectivity index (χ3v) is 7.98. The van der Waals surface area contributed by atoms with Crippen molar-refractivity contribution in [3.8, 4) is 5.75 Å². The van der Waals surface area contributed by atoms with Crippen molar-refractivity contribution >= 4 is 11.6 Å². The van der Waals surface area contributed by atoms with Gasteiger partial charge in [-0.25, -0.2) is 4.39 Å². The zero-order valence-electron chi connectivity index (χ0n) is 17.9. The summed E-state index contributed by atoms with van der Waals surface area (Å²) >= 11 is 6.08. The van der Waals surface area contributed by atoms with Crippen molar-refractivity contribution < 1.29 is 9.13 Å². The Bertz CT molecular complexity index is 925. The molecule has 6 rings (SSSR count). The Hall–Kier alpha value is -1.58. The Kier molecular flexibility index (Phi) is 4.91. The summed E-state index contributed by atoms with van der Waals surface area (Å²) in [4.78, 5) is 0. The van der Waals surface area contributed by atoms with Crippen LogP contribution in [0.4, 0.5) is 4.39 Å². The van der Waals surface area contributed by atoms with Crippen molar-refractivity contribution in [1.82, 2.24) is 5.32 Å². The quantitative estimate of drug-likeness (QED) is 0.541. The molecule has 4 bridgehead atoms. The minimum atomic E-state index is -0.331. The fourth-order valence-electron chi connectivity index (χ4n) is 7.44. The van der Waals surface area contributed by atoms with Crippen LogP contribution in [0.25, 0.3) is 0 Å². The van der Waals surface area contributed by atoms with E-state index in [1.165, 1.54) is 56.2 Å². The van der Waals surface area contributed by atoms with Crippen LogP contribution in [0, 0.1) is 22.6 Å². The molecule has 0 aromatic heterocycles. The molecular weight excluding hydrogens is 397 g/mol. The molecule has 0 heterocycles. The van der Waals surface area contributed by atoms with Gasteiger partial charge in [-0.05, 0) is 85.1 Å². The fraction of sp³-hybridized carbons (Fsp3) is 0.538. The molecular formula is C26H31ClFNO. The van der Waals surface area contributed by atoms with Gasteiger partial charge in [0.25, 0.3) is 0 Å². The summed E-state index contributed by atoms with van der Waals surface area (Å²) in [5.74, 6) is 1.37. The SMILES string of the molecule is CC12CC3CC(C)(C1)CC(NCc1ccc(OCc4ccc(F)cc4Cl)cc1)(C3)C2. The molecule has 0 amide bonds. The van der Waals surface area contributed by atoms with E-state index in [-0.39, 0.29) is 5.82 Å². The van der Waals surface area contributed by atoms with E-state index in [1.807, 2.05) is 12.1 Å². The molecule has 0 aliphatic heterocycles. The Labute approximate surface area is 184 Å². The van der Waals surface area contributed by atoms with Crippen LogP contribution in [0.5, 0.6) is 5.75 Å². The van der Waals surface area contributed by atoms with Crippen LogP contribution in [0.1, 0.15) is 63.5 Å². The second kappa shape index (κ2) is 7.24.